The maximum absolute atomic E-state index is 12.2. The van der Waals surface area contributed by atoms with Crippen LogP contribution < -0.4 is 0 Å². The van der Waals surface area contributed by atoms with Gasteiger partial charge in [0.2, 0.25) is 0 Å². The van der Waals surface area contributed by atoms with Crippen LogP contribution >= 0.6 is 0 Å². The average Bonchev–Trinajstić information content (AvgIpc) is 2.58. The minimum atomic E-state index is -0.343. The van der Waals surface area contributed by atoms with Crippen LogP contribution in [0.15, 0.2) is 73.3 Å². The highest BCUT2D eigenvalue weighted by Crippen LogP contribution is 2.11. The maximum atomic E-state index is 12.2. The fourth-order valence-electron chi connectivity index (χ4n) is 2.19. The number of rotatable bonds is 6. The van der Waals surface area contributed by atoms with Crippen LogP contribution in [0.4, 0.5) is 4.79 Å². The molecule has 0 aliphatic carbocycles. The quantitative estimate of drug-likeness (QED) is 0.752. The van der Waals surface area contributed by atoms with Gasteiger partial charge in [0.1, 0.15) is 6.61 Å². The van der Waals surface area contributed by atoms with Crippen LogP contribution in [0.1, 0.15) is 11.1 Å². The minimum absolute atomic E-state index is 0.0920. The van der Waals surface area contributed by atoms with E-state index in [0.717, 1.165) is 17.5 Å². The van der Waals surface area contributed by atoms with Crippen molar-refractivity contribution in [2.75, 3.05) is 7.05 Å². The Bertz CT molecular complexity index is 595. The van der Waals surface area contributed by atoms with E-state index in [1.54, 1.807) is 18.0 Å². The highest BCUT2D eigenvalue weighted by molar-refractivity contribution is 5.68. The van der Waals surface area contributed by atoms with Crippen molar-refractivity contribution >= 4 is 6.09 Å². The molecule has 2 aromatic carbocycles. The second-order valence-electron chi connectivity index (χ2n) is 5.14. The molecular formula is C19H21NO2. The Morgan fingerprint density at radius 1 is 1.09 bits per heavy atom. The molecule has 3 nitrogen and oxygen atoms in total. The molecule has 0 unspecified atom stereocenters. The first-order chi connectivity index (χ1) is 10.7. The Kier molecular flexibility index (Phi) is 5.78. The van der Waals surface area contributed by atoms with Gasteiger partial charge in [0.05, 0.1) is 6.04 Å². The van der Waals surface area contributed by atoms with Crippen molar-refractivity contribution < 1.29 is 9.53 Å². The molecule has 0 radical (unpaired) electrons. The molecular weight excluding hydrogens is 274 g/mol. The lowest BCUT2D eigenvalue weighted by Crippen LogP contribution is -2.37. The van der Waals surface area contributed by atoms with Gasteiger partial charge in [-0.1, -0.05) is 66.7 Å². The van der Waals surface area contributed by atoms with Gasteiger partial charge in [0.25, 0.3) is 0 Å². The normalized spacial score (nSPS) is 11.5. The van der Waals surface area contributed by atoms with Gasteiger partial charge in [-0.2, -0.15) is 0 Å². The monoisotopic (exact) mass is 295 g/mol. The maximum Gasteiger partial charge on any atom is 0.410 e. The smallest absolute Gasteiger partial charge is 0.410 e. The van der Waals surface area contributed by atoms with Crippen LogP contribution in [0.3, 0.4) is 0 Å². The van der Waals surface area contributed by atoms with Crippen molar-refractivity contribution in [3.05, 3.63) is 84.4 Å². The summed E-state index contributed by atoms with van der Waals surface area (Å²) in [5.74, 6) is 0. The summed E-state index contributed by atoms with van der Waals surface area (Å²) in [6.45, 7) is 4.11. The molecule has 0 fully saturated rings. The zero-order chi connectivity index (χ0) is 15.8. The van der Waals surface area contributed by atoms with Gasteiger partial charge in [-0.05, 0) is 17.5 Å². The van der Waals surface area contributed by atoms with Crippen molar-refractivity contribution in [2.45, 2.75) is 19.1 Å². The van der Waals surface area contributed by atoms with E-state index in [4.69, 9.17) is 4.74 Å². The van der Waals surface area contributed by atoms with E-state index in [1.807, 2.05) is 60.7 Å². The number of hydrogen-bond donors (Lipinski definition) is 0. The highest BCUT2D eigenvalue weighted by atomic mass is 16.6. The topological polar surface area (TPSA) is 29.5 Å². The van der Waals surface area contributed by atoms with E-state index in [0.29, 0.717) is 0 Å². The Morgan fingerprint density at radius 2 is 1.64 bits per heavy atom. The van der Waals surface area contributed by atoms with E-state index < -0.39 is 0 Å². The second kappa shape index (κ2) is 8.03. The lowest BCUT2D eigenvalue weighted by molar-refractivity contribution is 0.0971. The van der Waals surface area contributed by atoms with Gasteiger partial charge < -0.3 is 9.64 Å². The van der Waals surface area contributed by atoms with Crippen LogP contribution in [-0.2, 0) is 17.8 Å². The van der Waals surface area contributed by atoms with E-state index in [-0.39, 0.29) is 18.7 Å². The number of carbonyl (C=O) groups is 1. The van der Waals surface area contributed by atoms with Crippen LogP contribution in [0, 0.1) is 0 Å². The number of likely N-dealkylation sites (N-methyl/N-ethyl adjacent to an activating group) is 1. The van der Waals surface area contributed by atoms with E-state index in [9.17, 15) is 4.79 Å². The van der Waals surface area contributed by atoms with Crippen molar-refractivity contribution in [1.82, 2.24) is 4.90 Å². The van der Waals surface area contributed by atoms with Crippen LogP contribution in [0.5, 0.6) is 0 Å². The van der Waals surface area contributed by atoms with E-state index >= 15 is 0 Å². The summed E-state index contributed by atoms with van der Waals surface area (Å²) in [6, 6.07) is 19.6. The average molecular weight is 295 g/mol. The molecule has 1 amide bonds. The van der Waals surface area contributed by atoms with Gasteiger partial charge in [-0.25, -0.2) is 4.79 Å². The number of amides is 1. The summed E-state index contributed by atoms with van der Waals surface area (Å²) >= 11 is 0. The van der Waals surface area contributed by atoms with Gasteiger partial charge in [-0.3, -0.25) is 0 Å². The highest BCUT2D eigenvalue weighted by Gasteiger charge is 2.18. The molecule has 1 atom stereocenters. The predicted octanol–water partition coefficient (Wildman–Crippen LogP) is 4.05. The number of benzene rings is 2. The Morgan fingerprint density at radius 3 is 2.18 bits per heavy atom. The zero-order valence-electron chi connectivity index (χ0n) is 12.8. The number of ether oxygens (including phenoxy) is 1. The Hall–Kier alpha value is -2.55. The zero-order valence-corrected chi connectivity index (χ0v) is 12.8. The molecule has 0 heterocycles. The largest absolute Gasteiger partial charge is 0.445 e. The van der Waals surface area contributed by atoms with Gasteiger partial charge in [0, 0.05) is 7.05 Å². The Balaban J connectivity index is 1.91. The molecule has 2 rings (SSSR count). The number of hydrogen-bond acceptors (Lipinski definition) is 2. The van der Waals surface area contributed by atoms with Crippen molar-refractivity contribution in [3.8, 4) is 0 Å². The molecule has 2 aromatic rings. The van der Waals surface area contributed by atoms with Crippen LogP contribution in [0.2, 0.25) is 0 Å². The van der Waals surface area contributed by atoms with Crippen LogP contribution in [0.25, 0.3) is 0 Å². The fraction of sp³-hybridized carbons (Fsp3) is 0.211. The molecule has 0 saturated heterocycles. The lowest BCUT2D eigenvalue weighted by atomic mass is 10.1. The summed E-state index contributed by atoms with van der Waals surface area (Å²) in [6.07, 6.45) is 2.16. The molecule has 0 spiro atoms. The van der Waals surface area contributed by atoms with Crippen molar-refractivity contribution in [3.63, 3.8) is 0 Å². The van der Waals surface area contributed by atoms with Crippen molar-refractivity contribution in [2.24, 2.45) is 0 Å². The molecule has 114 valence electrons. The standard InChI is InChI=1S/C19H21NO2/c1-3-18(14-16-10-6-4-7-11-16)20(2)19(21)22-15-17-12-8-5-9-13-17/h3-13,18H,1,14-15H2,2H3/t18-/m1/s1. The number of nitrogens with zero attached hydrogens (tertiary/aromatic N) is 1. The third-order valence-electron chi connectivity index (χ3n) is 3.55. The SMILES string of the molecule is C=C[C@H](Cc1ccccc1)N(C)C(=O)OCc1ccccc1. The summed E-state index contributed by atoms with van der Waals surface area (Å²) in [5.41, 5.74) is 2.14. The Labute approximate surface area is 131 Å². The third kappa shape index (κ3) is 4.48. The summed E-state index contributed by atoms with van der Waals surface area (Å²) in [5, 5.41) is 0. The molecule has 0 aliphatic rings. The summed E-state index contributed by atoms with van der Waals surface area (Å²) < 4.78 is 5.35. The van der Waals surface area contributed by atoms with Gasteiger partial charge >= 0.3 is 6.09 Å². The predicted molar refractivity (Wildman–Crippen MR) is 88.5 cm³/mol. The second-order valence-corrected chi connectivity index (χ2v) is 5.14. The molecule has 22 heavy (non-hydrogen) atoms. The third-order valence-corrected chi connectivity index (χ3v) is 3.55. The lowest BCUT2D eigenvalue weighted by Gasteiger charge is -2.25. The van der Waals surface area contributed by atoms with Gasteiger partial charge in [-0.15, -0.1) is 6.58 Å². The summed E-state index contributed by atoms with van der Waals surface area (Å²) in [7, 11) is 1.74. The first-order valence-corrected chi connectivity index (χ1v) is 7.30. The molecule has 3 heteroatoms. The molecule has 0 bridgehead atoms. The van der Waals surface area contributed by atoms with E-state index in [1.165, 1.54) is 0 Å². The molecule has 0 aromatic heterocycles. The molecule has 0 aliphatic heterocycles. The first-order valence-electron chi connectivity index (χ1n) is 7.30. The minimum Gasteiger partial charge on any atom is -0.445 e. The van der Waals surface area contributed by atoms with Crippen LogP contribution in [-0.4, -0.2) is 24.1 Å². The molecule has 0 saturated carbocycles. The van der Waals surface area contributed by atoms with Gasteiger partial charge in [0.15, 0.2) is 0 Å². The number of carbonyl (C=O) groups excluding carboxylic acids is 1. The summed E-state index contributed by atoms with van der Waals surface area (Å²) in [4.78, 5) is 13.7. The first kappa shape index (κ1) is 15.8. The molecule has 0 N–H and O–H groups in total. The van der Waals surface area contributed by atoms with Crippen molar-refractivity contribution in [1.29, 1.82) is 0 Å². The van der Waals surface area contributed by atoms with E-state index in [2.05, 4.69) is 6.58 Å². The fourth-order valence-corrected chi connectivity index (χ4v) is 2.19.